The third-order valence-electron chi connectivity index (χ3n) is 6.73. The molecule has 1 amide bonds. The summed E-state index contributed by atoms with van der Waals surface area (Å²) in [6.45, 7) is 8.44. The molecule has 0 unspecified atom stereocenters. The number of piperidine rings is 1. The van der Waals surface area contributed by atoms with E-state index in [1.54, 1.807) is 24.3 Å². The highest BCUT2D eigenvalue weighted by molar-refractivity contribution is 9.10. The van der Waals surface area contributed by atoms with Crippen molar-refractivity contribution in [2.45, 2.75) is 39.7 Å². The lowest BCUT2D eigenvalue weighted by molar-refractivity contribution is -0.118. The molecule has 2 fully saturated rings. The highest BCUT2D eigenvalue weighted by Gasteiger charge is 2.45. The molecule has 1 N–H and O–H groups in total. The number of rotatable bonds is 8. The first-order chi connectivity index (χ1) is 16.3. The average molecular weight is 531 g/mol. The molecule has 8 heteroatoms. The maximum Gasteiger partial charge on any atom is 0.335 e. The molecule has 1 spiro atoms. The minimum atomic E-state index is -0.962. The Bertz CT molecular complexity index is 1020. The van der Waals surface area contributed by atoms with Gasteiger partial charge >= 0.3 is 5.97 Å². The van der Waals surface area contributed by atoms with E-state index in [2.05, 4.69) is 33.0 Å². The van der Waals surface area contributed by atoms with Crippen molar-refractivity contribution in [1.29, 1.82) is 0 Å². The summed E-state index contributed by atoms with van der Waals surface area (Å²) in [5.74, 6) is 0.744. The molecule has 2 saturated heterocycles. The van der Waals surface area contributed by atoms with Gasteiger partial charge in [-0.1, -0.05) is 0 Å². The van der Waals surface area contributed by atoms with Crippen molar-refractivity contribution >= 4 is 33.5 Å². The number of amides is 1. The van der Waals surface area contributed by atoms with Crippen molar-refractivity contribution in [2.75, 3.05) is 37.7 Å². The van der Waals surface area contributed by atoms with E-state index in [-0.39, 0.29) is 16.9 Å². The van der Waals surface area contributed by atoms with E-state index >= 15 is 0 Å². The van der Waals surface area contributed by atoms with Gasteiger partial charge in [0.2, 0.25) is 5.91 Å². The molecule has 182 valence electrons. The molecule has 0 radical (unpaired) electrons. The molecule has 2 heterocycles. The lowest BCUT2D eigenvalue weighted by Gasteiger charge is -2.39. The highest BCUT2D eigenvalue weighted by Crippen LogP contribution is 2.43. The first kappa shape index (κ1) is 24.5. The Kier molecular flexibility index (Phi) is 7.48. The molecule has 0 aliphatic carbocycles. The van der Waals surface area contributed by atoms with Crippen molar-refractivity contribution in [3.05, 3.63) is 52.0 Å². The Hall–Kier alpha value is -2.58. The van der Waals surface area contributed by atoms with Crippen LogP contribution in [0.3, 0.4) is 0 Å². The predicted octanol–water partition coefficient (Wildman–Crippen LogP) is 4.96. The standard InChI is InChI=1S/C26H31BrN2O5/c1-3-33-21-13-18(14-22(24(21)27)34-4-2)16-28-11-9-26(10-12-28)15-23(30)29(17-26)20-7-5-19(6-8-20)25(31)32/h5-8,13-14H,3-4,9-12,15-17H2,1-2H3,(H,31,32). The molecular formula is C26H31BrN2O5. The van der Waals surface area contributed by atoms with Gasteiger partial charge in [-0.3, -0.25) is 9.69 Å². The summed E-state index contributed by atoms with van der Waals surface area (Å²) in [7, 11) is 0. The summed E-state index contributed by atoms with van der Waals surface area (Å²) in [4.78, 5) is 28.2. The van der Waals surface area contributed by atoms with Crippen molar-refractivity contribution in [2.24, 2.45) is 5.41 Å². The fourth-order valence-corrected chi connectivity index (χ4v) is 5.39. The van der Waals surface area contributed by atoms with Gasteiger partial charge < -0.3 is 19.5 Å². The van der Waals surface area contributed by atoms with E-state index in [0.717, 1.165) is 59.7 Å². The van der Waals surface area contributed by atoms with E-state index in [9.17, 15) is 9.59 Å². The van der Waals surface area contributed by atoms with Gasteiger partial charge in [-0.25, -0.2) is 4.79 Å². The van der Waals surface area contributed by atoms with Crippen LogP contribution in [0.2, 0.25) is 0 Å². The SMILES string of the molecule is CCOc1cc(CN2CCC3(CC2)CC(=O)N(c2ccc(C(=O)O)cc2)C3)cc(OCC)c1Br. The van der Waals surface area contributed by atoms with Crippen LogP contribution in [-0.4, -0.2) is 54.7 Å². The first-order valence-electron chi connectivity index (χ1n) is 11.8. The van der Waals surface area contributed by atoms with Crippen LogP contribution >= 0.6 is 15.9 Å². The Morgan fingerprint density at radius 1 is 1.06 bits per heavy atom. The van der Waals surface area contributed by atoms with Gasteiger partial charge in [0.15, 0.2) is 0 Å². The smallest absolute Gasteiger partial charge is 0.335 e. The molecule has 34 heavy (non-hydrogen) atoms. The second-order valence-electron chi connectivity index (χ2n) is 9.06. The van der Waals surface area contributed by atoms with E-state index in [0.29, 0.717) is 26.2 Å². The van der Waals surface area contributed by atoms with Crippen LogP contribution in [0, 0.1) is 5.41 Å². The van der Waals surface area contributed by atoms with Gasteiger partial charge in [0.05, 0.1) is 18.8 Å². The largest absolute Gasteiger partial charge is 0.493 e. The number of likely N-dealkylation sites (tertiary alicyclic amines) is 1. The normalized spacial score (nSPS) is 17.9. The number of nitrogens with zero attached hydrogens (tertiary/aromatic N) is 2. The zero-order valence-electron chi connectivity index (χ0n) is 19.7. The van der Waals surface area contributed by atoms with Crippen molar-refractivity contribution in [1.82, 2.24) is 4.90 Å². The number of benzene rings is 2. The lowest BCUT2D eigenvalue weighted by atomic mass is 9.77. The van der Waals surface area contributed by atoms with Crippen LogP contribution in [-0.2, 0) is 11.3 Å². The Balaban J connectivity index is 1.40. The molecular weight excluding hydrogens is 500 g/mol. The van der Waals surface area contributed by atoms with Crippen molar-refractivity contribution < 1.29 is 24.2 Å². The predicted molar refractivity (Wildman–Crippen MR) is 134 cm³/mol. The number of carbonyl (C=O) groups is 2. The number of carboxylic acid groups (broad SMARTS) is 1. The maximum atomic E-state index is 12.8. The Morgan fingerprint density at radius 3 is 2.18 bits per heavy atom. The summed E-state index contributed by atoms with van der Waals surface area (Å²) in [5.41, 5.74) is 2.13. The fourth-order valence-electron chi connectivity index (χ4n) is 4.93. The van der Waals surface area contributed by atoms with Crippen LogP contribution in [0.15, 0.2) is 40.9 Å². The van der Waals surface area contributed by atoms with Gasteiger partial charge in [-0.2, -0.15) is 0 Å². The van der Waals surface area contributed by atoms with Crippen LogP contribution in [0.5, 0.6) is 11.5 Å². The van der Waals surface area contributed by atoms with Crippen LogP contribution in [0.25, 0.3) is 0 Å². The van der Waals surface area contributed by atoms with Gasteiger partial charge in [-0.05, 0) is 103 Å². The highest BCUT2D eigenvalue weighted by atomic mass is 79.9. The van der Waals surface area contributed by atoms with Gasteiger partial charge in [0, 0.05) is 25.2 Å². The van der Waals surface area contributed by atoms with Gasteiger partial charge in [0.25, 0.3) is 0 Å². The molecule has 7 nitrogen and oxygen atoms in total. The zero-order valence-corrected chi connectivity index (χ0v) is 21.3. The molecule has 4 rings (SSSR count). The second kappa shape index (κ2) is 10.4. The third-order valence-corrected chi connectivity index (χ3v) is 7.52. The number of hydrogen-bond acceptors (Lipinski definition) is 5. The number of carbonyl (C=O) groups excluding carboxylic acids is 1. The summed E-state index contributed by atoms with van der Waals surface area (Å²) in [6.07, 6.45) is 2.45. The monoisotopic (exact) mass is 530 g/mol. The van der Waals surface area contributed by atoms with Crippen LogP contribution < -0.4 is 14.4 Å². The Labute approximate surface area is 208 Å². The molecule has 0 bridgehead atoms. The zero-order chi connectivity index (χ0) is 24.3. The number of hydrogen-bond donors (Lipinski definition) is 1. The topological polar surface area (TPSA) is 79.3 Å². The number of halogens is 1. The molecule has 0 atom stereocenters. The minimum Gasteiger partial charge on any atom is -0.493 e. The second-order valence-corrected chi connectivity index (χ2v) is 9.85. The van der Waals surface area contributed by atoms with Crippen LogP contribution in [0.4, 0.5) is 5.69 Å². The Morgan fingerprint density at radius 2 is 1.65 bits per heavy atom. The summed E-state index contributed by atoms with van der Waals surface area (Å²) in [5, 5.41) is 9.12. The van der Waals surface area contributed by atoms with E-state index in [1.807, 2.05) is 18.7 Å². The summed E-state index contributed by atoms with van der Waals surface area (Å²) in [6, 6.07) is 10.7. The number of aromatic carboxylic acids is 1. The molecule has 2 aliphatic heterocycles. The molecule has 2 aromatic rings. The van der Waals surface area contributed by atoms with Gasteiger partial charge in [0.1, 0.15) is 16.0 Å². The number of carboxylic acids is 1. The van der Waals surface area contributed by atoms with Crippen molar-refractivity contribution in [3.8, 4) is 11.5 Å². The average Bonchev–Trinajstić information content (AvgIpc) is 3.14. The fraction of sp³-hybridized carbons (Fsp3) is 0.462. The van der Waals surface area contributed by atoms with Gasteiger partial charge in [-0.15, -0.1) is 0 Å². The first-order valence-corrected chi connectivity index (χ1v) is 12.6. The van der Waals surface area contributed by atoms with Crippen LogP contribution in [0.1, 0.15) is 49.0 Å². The molecule has 2 aromatic carbocycles. The third kappa shape index (κ3) is 5.23. The lowest BCUT2D eigenvalue weighted by Crippen LogP contribution is -2.41. The van der Waals surface area contributed by atoms with E-state index < -0.39 is 5.97 Å². The van der Waals surface area contributed by atoms with E-state index in [1.165, 1.54) is 0 Å². The maximum absolute atomic E-state index is 12.8. The van der Waals surface area contributed by atoms with E-state index in [4.69, 9.17) is 14.6 Å². The van der Waals surface area contributed by atoms with Crippen molar-refractivity contribution in [3.63, 3.8) is 0 Å². The number of anilines is 1. The quantitative estimate of drug-likeness (QED) is 0.519. The summed E-state index contributed by atoms with van der Waals surface area (Å²) >= 11 is 3.60. The minimum absolute atomic E-state index is 0.0221. The number of ether oxygens (including phenoxy) is 2. The molecule has 2 aliphatic rings. The summed E-state index contributed by atoms with van der Waals surface area (Å²) < 4.78 is 12.4. The molecule has 0 saturated carbocycles. The molecule has 0 aromatic heterocycles.